The predicted octanol–water partition coefficient (Wildman–Crippen LogP) is 1.55. The van der Waals surface area contributed by atoms with Crippen LogP contribution in [0, 0.1) is 0 Å². The van der Waals surface area contributed by atoms with Crippen LogP contribution in [-0.4, -0.2) is 27.8 Å². The van der Waals surface area contributed by atoms with Gasteiger partial charge in [0.25, 0.3) is 0 Å². The third-order valence-electron chi connectivity index (χ3n) is 2.12. The number of hydrogen-bond acceptors (Lipinski definition) is 2. The van der Waals surface area contributed by atoms with Gasteiger partial charge in [-0.15, -0.1) is 0 Å². The van der Waals surface area contributed by atoms with Crippen molar-refractivity contribution in [2.24, 2.45) is 7.05 Å². The Kier molecular flexibility index (Phi) is 2.51. The standard InChI is InChI=1S/C9H12BrN3/c1-12-6-8(10)9(11-12)7-13-4-2-3-5-13/h2-3,6H,4-5,7H2,1H3. The molecule has 0 bridgehead atoms. The SMILES string of the molecule is Cn1cc(Br)c(CN2CC=CC2)n1. The van der Waals surface area contributed by atoms with Crippen LogP contribution in [0.4, 0.5) is 0 Å². The van der Waals surface area contributed by atoms with Gasteiger partial charge in [-0.1, -0.05) is 12.2 Å². The van der Waals surface area contributed by atoms with Gasteiger partial charge in [0.2, 0.25) is 0 Å². The Labute approximate surface area is 86.2 Å². The second kappa shape index (κ2) is 3.64. The van der Waals surface area contributed by atoms with Crippen LogP contribution in [0.25, 0.3) is 0 Å². The summed E-state index contributed by atoms with van der Waals surface area (Å²) < 4.78 is 2.94. The first-order valence-electron chi connectivity index (χ1n) is 4.31. The smallest absolute Gasteiger partial charge is 0.0906 e. The topological polar surface area (TPSA) is 21.1 Å². The van der Waals surface area contributed by atoms with Gasteiger partial charge in [0.1, 0.15) is 0 Å². The van der Waals surface area contributed by atoms with E-state index in [1.807, 2.05) is 17.9 Å². The summed E-state index contributed by atoms with van der Waals surface area (Å²) in [6.45, 7) is 3.01. The van der Waals surface area contributed by atoms with Gasteiger partial charge < -0.3 is 0 Å². The first-order valence-corrected chi connectivity index (χ1v) is 5.10. The number of nitrogens with zero attached hydrogens (tertiary/aromatic N) is 3. The maximum atomic E-state index is 4.37. The third kappa shape index (κ3) is 2.00. The predicted molar refractivity (Wildman–Crippen MR) is 55.3 cm³/mol. The van der Waals surface area contributed by atoms with Gasteiger partial charge in [-0.05, 0) is 15.9 Å². The lowest BCUT2D eigenvalue weighted by molar-refractivity contribution is 0.339. The van der Waals surface area contributed by atoms with Crippen molar-refractivity contribution in [1.29, 1.82) is 0 Å². The average Bonchev–Trinajstić information content (AvgIpc) is 2.63. The molecular formula is C9H12BrN3. The molecule has 0 saturated carbocycles. The molecular weight excluding hydrogens is 230 g/mol. The van der Waals surface area contributed by atoms with Crippen LogP contribution in [0.3, 0.4) is 0 Å². The molecule has 13 heavy (non-hydrogen) atoms. The van der Waals surface area contributed by atoms with E-state index in [2.05, 4.69) is 38.1 Å². The van der Waals surface area contributed by atoms with Crippen molar-refractivity contribution in [3.8, 4) is 0 Å². The van der Waals surface area contributed by atoms with E-state index in [-0.39, 0.29) is 0 Å². The van der Waals surface area contributed by atoms with Crippen LogP contribution in [0.5, 0.6) is 0 Å². The molecule has 0 amide bonds. The van der Waals surface area contributed by atoms with Crippen LogP contribution in [0.1, 0.15) is 5.69 Å². The van der Waals surface area contributed by atoms with Gasteiger partial charge in [0.05, 0.1) is 10.2 Å². The first kappa shape index (κ1) is 8.97. The molecule has 0 saturated heterocycles. The number of halogens is 1. The summed E-state index contributed by atoms with van der Waals surface area (Å²) >= 11 is 3.49. The summed E-state index contributed by atoms with van der Waals surface area (Å²) in [5.74, 6) is 0. The van der Waals surface area contributed by atoms with Crippen molar-refractivity contribution in [3.05, 3.63) is 28.5 Å². The number of rotatable bonds is 2. The van der Waals surface area contributed by atoms with Crippen LogP contribution in [0.2, 0.25) is 0 Å². The van der Waals surface area contributed by atoms with E-state index in [0.29, 0.717) is 0 Å². The molecule has 2 rings (SSSR count). The quantitative estimate of drug-likeness (QED) is 0.734. The Morgan fingerprint density at radius 3 is 2.69 bits per heavy atom. The fourth-order valence-corrected chi connectivity index (χ4v) is 1.98. The summed E-state index contributed by atoms with van der Waals surface area (Å²) in [5.41, 5.74) is 1.12. The Hall–Kier alpha value is -0.610. The second-order valence-electron chi connectivity index (χ2n) is 3.26. The van der Waals surface area contributed by atoms with E-state index in [9.17, 15) is 0 Å². The minimum absolute atomic E-state index is 0.925. The molecule has 0 aromatic carbocycles. The average molecular weight is 242 g/mol. The molecule has 1 aromatic heterocycles. The fraction of sp³-hybridized carbons (Fsp3) is 0.444. The van der Waals surface area contributed by atoms with Gasteiger partial charge in [0.15, 0.2) is 0 Å². The fourth-order valence-electron chi connectivity index (χ4n) is 1.48. The number of hydrogen-bond donors (Lipinski definition) is 0. The zero-order chi connectivity index (χ0) is 9.26. The number of aryl methyl sites for hydroxylation is 1. The van der Waals surface area contributed by atoms with Gasteiger partial charge >= 0.3 is 0 Å². The molecule has 3 nitrogen and oxygen atoms in total. The Morgan fingerprint density at radius 1 is 1.46 bits per heavy atom. The normalized spacial score (nSPS) is 17.1. The molecule has 2 heterocycles. The highest BCUT2D eigenvalue weighted by molar-refractivity contribution is 9.10. The Bertz CT molecular complexity index is 322. The minimum atomic E-state index is 0.925. The lowest BCUT2D eigenvalue weighted by atomic mass is 10.4. The molecule has 1 aliphatic rings. The van der Waals surface area contributed by atoms with Crippen LogP contribution in [-0.2, 0) is 13.6 Å². The Morgan fingerprint density at radius 2 is 2.15 bits per heavy atom. The molecule has 4 heteroatoms. The third-order valence-corrected chi connectivity index (χ3v) is 2.78. The molecule has 0 atom stereocenters. The van der Waals surface area contributed by atoms with Crippen molar-refractivity contribution >= 4 is 15.9 Å². The summed E-state index contributed by atoms with van der Waals surface area (Å²) in [6.07, 6.45) is 6.37. The van der Waals surface area contributed by atoms with E-state index >= 15 is 0 Å². The van der Waals surface area contributed by atoms with Crippen LogP contribution in [0.15, 0.2) is 22.8 Å². The molecule has 70 valence electrons. The van der Waals surface area contributed by atoms with E-state index < -0.39 is 0 Å². The highest BCUT2D eigenvalue weighted by Crippen LogP contribution is 2.16. The molecule has 0 unspecified atom stereocenters. The number of aromatic nitrogens is 2. The highest BCUT2D eigenvalue weighted by Gasteiger charge is 2.11. The second-order valence-corrected chi connectivity index (χ2v) is 4.12. The van der Waals surface area contributed by atoms with Crippen molar-refractivity contribution in [2.75, 3.05) is 13.1 Å². The van der Waals surface area contributed by atoms with Crippen molar-refractivity contribution < 1.29 is 0 Å². The maximum absolute atomic E-state index is 4.37. The minimum Gasteiger partial charge on any atom is -0.290 e. The van der Waals surface area contributed by atoms with Crippen LogP contribution >= 0.6 is 15.9 Å². The van der Waals surface area contributed by atoms with Crippen molar-refractivity contribution in [3.63, 3.8) is 0 Å². The van der Waals surface area contributed by atoms with Crippen molar-refractivity contribution in [1.82, 2.24) is 14.7 Å². The summed E-state index contributed by atoms with van der Waals surface area (Å²) in [6, 6.07) is 0. The van der Waals surface area contributed by atoms with E-state index in [4.69, 9.17) is 0 Å². The Balaban J connectivity index is 2.04. The van der Waals surface area contributed by atoms with E-state index in [1.54, 1.807) is 0 Å². The largest absolute Gasteiger partial charge is 0.290 e. The highest BCUT2D eigenvalue weighted by atomic mass is 79.9. The molecule has 1 aromatic rings. The molecule has 0 fully saturated rings. The maximum Gasteiger partial charge on any atom is 0.0906 e. The zero-order valence-corrected chi connectivity index (χ0v) is 9.16. The molecule has 0 aliphatic carbocycles. The van der Waals surface area contributed by atoms with Gasteiger partial charge in [-0.2, -0.15) is 5.10 Å². The molecule has 0 radical (unpaired) electrons. The zero-order valence-electron chi connectivity index (χ0n) is 7.57. The van der Waals surface area contributed by atoms with Crippen LogP contribution < -0.4 is 0 Å². The first-order chi connectivity index (χ1) is 6.25. The monoisotopic (exact) mass is 241 g/mol. The van der Waals surface area contributed by atoms with Crippen molar-refractivity contribution in [2.45, 2.75) is 6.54 Å². The lowest BCUT2D eigenvalue weighted by Gasteiger charge is -2.12. The molecule has 0 N–H and O–H groups in total. The van der Waals surface area contributed by atoms with E-state index in [1.165, 1.54) is 0 Å². The van der Waals surface area contributed by atoms with Gasteiger partial charge in [-0.3, -0.25) is 9.58 Å². The van der Waals surface area contributed by atoms with E-state index in [0.717, 1.165) is 29.8 Å². The molecule has 1 aliphatic heterocycles. The summed E-state index contributed by atoms with van der Waals surface area (Å²) in [7, 11) is 1.94. The van der Waals surface area contributed by atoms with Gasteiger partial charge in [-0.25, -0.2) is 0 Å². The molecule has 0 spiro atoms. The van der Waals surface area contributed by atoms with Gasteiger partial charge in [0, 0.05) is 32.9 Å². The summed E-state index contributed by atoms with van der Waals surface area (Å²) in [5, 5.41) is 4.37. The lowest BCUT2D eigenvalue weighted by Crippen LogP contribution is -2.19. The summed E-state index contributed by atoms with van der Waals surface area (Å²) in [4.78, 5) is 2.34.